The van der Waals surface area contributed by atoms with Crippen LogP contribution in [-0.4, -0.2) is 34.5 Å². The van der Waals surface area contributed by atoms with Gasteiger partial charge in [0.1, 0.15) is 18.5 Å². The molecular weight excluding hydrogens is 214 g/mol. The van der Waals surface area contributed by atoms with E-state index in [1.54, 1.807) is 6.92 Å². The fourth-order valence-electron chi connectivity index (χ4n) is 1.17. The number of benzene rings is 1. The lowest BCUT2D eigenvalue weighted by atomic mass is 10.2. The summed E-state index contributed by atoms with van der Waals surface area (Å²) < 4.78 is 5.14. The molecule has 0 aliphatic carbocycles. The Kier molecular flexibility index (Phi) is 4.21. The summed E-state index contributed by atoms with van der Waals surface area (Å²) in [6.45, 7) is 1.17. The van der Waals surface area contributed by atoms with Crippen LogP contribution in [0.1, 0.15) is 5.56 Å². The summed E-state index contributed by atoms with van der Waals surface area (Å²) in [7, 11) is 0. The highest BCUT2D eigenvalue weighted by Crippen LogP contribution is 2.22. The summed E-state index contributed by atoms with van der Waals surface area (Å²) in [6, 6.07) is 4.31. The first kappa shape index (κ1) is 12.4. The van der Waals surface area contributed by atoms with E-state index < -0.39 is 11.0 Å². The number of aryl methyl sites for hydroxylation is 1. The first-order chi connectivity index (χ1) is 7.54. The van der Waals surface area contributed by atoms with Gasteiger partial charge in [0, 0.05) is 11.6 Å². The molecule has 0 heterocycles. The molecular formula is C10H13NO5. The van der Waals surface area contributed by atoms with E-state index in [0.29, 0.717) is 11.3 Å². The van der Waals surface area contributed by atoms with Crippen molar-refractivity contribution in [3.63, 3.8) is 0 Å². The molecule has 0 fully saturated rings. The van der Waals surface area contributed by atoms with E-state index in [-0.39, 0.29) is 18.9 Å². The maximum absolute atomic E-state index is 10.5. The van der Waals surface area contributed by atoms with Crippen LogP contribution >= 0.6 is 0 Å². The number of nitro benzene ring substituents is 1. The zero-order valence-electron chi connectivity index (χ0n) is 8.79. The molecule has 2 N–H and O–H groups in total. The minimum Gasteiger partial charge on any atom is -0.491 e. The van der Waals surface area contributed by atoms with Gasteiger partial charge in [-0.15, -0.1) is 0 Å². The lowest BCUT2D eigenvalue weighted by Crippen LogP contribution is -2.21. The van der Waals surface area contributed by atoms with Gasteiger partial charge in [-0.25, -0.2) is 0 Å². The zero-order chi connectivity index (χ0) is 12.1. The third-order valence-corrected chi connectivity index (χ3v) is 2.02. The Hall–Kier alpha value is -1.66. The van der Waals surface area contributed by atoms with E-state index in [1.807, 2.05) is 0 Å². The molecule has 16 heavy (non-hydrogen) atoms. The van der Waals surface area contributed by atoms with Crippen molar-refractivity contribution in [2.75, 3.05) is 13.2 Å². The number of hydrogen-bond acceptors (Lipinski definition) is 5. The van der Waals surface area contributed by atoms with Gasteiger partial charge in [-0.1, -0.05) is 0 Å². The van der Waals surface area contributed by atoms with Crippen molar-refractivity contribution < 1.29 is 19.9 Å². The Bertz CT molecular complexity index is 379. The molecule has 6 heteroatoms. The molecule has 88 valence electrons. The van der Waals surface area contributed by atoms with E-state index in [0.717, 1.165) is 0 Å². The molecule has 0 aliphatic heterocycles. The smallest absolute Gasteiger partial charge is 0.272 e. The third-order valence-electron chi connectivity index (χ3n) is 2.02. The molecule has 0 aliphatic rings. The second kappa shape index (κ2) is 5.43. The maximum atomic E-state index is 10.5. The van der Waals surface area contributed by atoms with Crippen LogP contribution in [0.25, 0.3) is 0 Å². The van der Waals surface area contributed by atoms with Gasteiger partial charge in [0.25, 0.3) is 5.69 Å². The van der Waals surface area contributed by atoms with Gasteiger partial charge in [-0.05, 0) is 19.1 Å². The van der Waals surface area contributed by atoms with Crippen molar-refractivity contribution in [3.8, 4) is 5.75 Å². The molecule has 1 aromatic carbocycles. The van der Waals surface area contributed by atoms with E-state index in [9.17, 15) is 10.1 Å². The summed E-state index contributed by atoms with van der Waals surface area (Å²) in [5.41, 5.74) is 0.510. The molecule has 0 spiro atoms. The highest BCUT2D eigenvalue weighted by molar-refractivity contribution is 5.44. The minimum atomic E-state index is -0.949. The number of nitrogens with zero attached hydrogens (tertiary/aromatic N) is 1. The highest BCUT2D eigenvalue weighted by atomic mass is 16.6. The Morgan fingerprint density at radius 2 is 2.25 bits per heavy atom. The molecule has 1 aromatic rings. The number of hydrogen-bond donors (Lipinski definition) is 2. The first-order valence-electron chi connectivity index (χ1n) is 4.71. The number of ether oxygens (including phenoxy) is 1. The van der Waals surface area contributed by atoms with Crippen LogP contribution in [0.2, 0.25) is 0 Å². The number of aliphatic hydroxyl groups excluding tert-OH is 2. The minimum absolute atomic E-state index is 0.0232. The van der Waals surface area contributed by atoms with Gasteiger partial charge in [0.05, 0.1) is 11.5 Å². The lowest BCUT2D eigenvalue weighted by molar-refractivity contribution is -0.385. The Balaban J connectivity index is 2.70. The quantitative estimate of drug-likeness (QED) is 0.568. The maximum Gasteiger partial charge on any atom is 0.272 e. The highest BCUT2D eigenvalue weighted by Gasteiger charge is 2.11. The summed E-state index contributed by atoms with van der Waals surface area (Å²) in [4.78, 5) is 10.1. The van der Waals surface area contributed by atoms with Crippen molar-refractivity contribution in [1.29, 1.82) is 0 Å². The van der Waals surface area contributed by atoms with Crippen LogP contribution in [0.5, 0.6) is 5.75 Å². The normalized spacial score (nSPS) is 12.2. The van der Waals surface area contributed by atoms with Gasteiger partial charge in [0.2, 0.25) is 0 Å². The lowest BCUT2D eigenvalue weighted by Gasteiger charge is -2.10. The van der Waals surface area contributed by atoms with E-state index in [4.69, 9.17) is 14.9 Å². The summed E-state index contributed by atoms with van der Waals surface area (Å²) in [6.07, 6.45) is -0.949. The van der Waals surface area contributed by atoms with Crippen LogP contribution in [0.3, 0.4) is 0 Å². The van der Waals surface area contributed by atoms with Gasteiger partial charge >= 0.3 is 0 Å². The Morgan fingerprint density at radius 3 is 2.75 bits per heavy atom. The number of aliphatic hydroxyl groups is 2. The largest absolute Gasteiger partial charge is 0.491 e. The molecule has 0 aromatic heterocycles. The van der Waals surface area contributed by atoms with Gasteiger partial charge in [0.15, 0.2) is 0 Å². The molecule has 1 rings (SSSR count). The van der Waals surface area contributed by atoms with Crippen molar-refractivity contribution >= 4 is 5.69 Å². The fourth-order valence-corrected chi connectivity index (χ4v) is 1.17. The zero-order valence-corrected chi connectivity index (χ0v) is 8.79. The monoisotopic (exact) mass is 227 g/mol. The third kappa shape index (κ3) is 3.18. The summed E-state index contributed by atoms with van der Waals surface area (Å²) in [5.74, 6) is 0.426. The van der Waals surface area contributed by atoms with E-state index >= 15 is 0 Å². The predicted octanol–water partition coefficient (Wildman–Crippen LogP) is 0.635. The average molecular weight is 227 g/mol. The van der Waals surface area contributed by atoms with Gasteiger partial charge in [-0.3, -0.25) is 10.1 Å². The fraction of sp³-hybridized carbons (Fsp3) is 0.400. The van der Waals surface area contributed by atoms with Crippen LogP contribution in [0.15, 0.2) is 18.2 Å². The van der Waals surface area contributed by atoms with Gasteiger partial charge < -0.3 is 14.9 Å². The van der Waals surface area contributed by atoms with Crippen LogP contribution in [0, 0.1) is 17.0 Å². The number of rotatable bonds is 5. The van der Waals surface area contributed by atoms with E-state index in [1.165, 1.54) is 18.2 Å². The SMILES string of the molecule is Cc1cc(OCC(O)CO)ccc1[N+](=O)[O-]. The van der Waals surface area contributed by atoms with Crippen molar-refractivity contribution in [1.82, 2.24) is 0 Å². The number of nitro groups is 1. The molecule has 1 atom stereocenters. The average Bonchev–Trinajstić information content (AvgIpc) is 2.25. The van der Waals surface area contributed by atoms with Gasteiger partial charge in [-0.2, -0.15) is 0 Å². The molecule has 0 radical (unpaired) electrons. The Morgan fingerprint density at radius 1 is 1.56 bits per heavy atom. The first-order valence-corrected chi connectivity index (χ1v) is 4.71. The summed E-state index contributed by atoms with van der Waals surface area (Å²) >= 11 is 0. The van der Waals surface area contributed by atoms with Crippen LogP contribution in [-0.2, 0) is 0 Å². The standard InChI is InChI=1S/C10H13NO5/c1-7-4-9(16-6-8(13)5-12)2-3-10(7)11(14)15/h2-4,8,12-13H,5-6H2,1H3. The van der Waals surface area contributed by atoms with Crippen LogP contribution in [0.4, 0.5) is 5.69 Å². The molecule has 0 bridgehead atoms. The van der Waals surface area contributed by atoms with Crippen molar-refractivity contribution in [3.05, 3.63) is 33.9 Å². The summed E-state index contributed by atoms with van der Waals surface area (Å²) in [5, 5.41) is 28.2. The topological polar surface area (TPSA) is 92.8 Å². The Labute approximate surface area is 92.2 Å². The second-order valence-corrected chi connectivity index (χ2v) is 3.35. The predicted molar refractivity (Wildman–Crippen MR) is 56.4 cm³/mol. The molecule has 1 unspecified atom stereocenters. The van der Waals surface area contributed by atoms with Crippen molar-refractivity contribution in [2.24, 2.45) is 0 Å². The molecule has 0 saturated heterocycles. The second-order valence-electron chi connectivity index (χ2n) is 3.35. The molecule has 0 saturated carbocycles. The van der Waals surface area contributed by atoms with E-state index in [2.05, 4.69) is 0 Å². The molecule has 0 amide bonds. The van der Waals surface area contributed by atoms with Crippen molar-refractivity contribution in [2.45, 2.75) is 13.0 Å². The molecule has 6 nitrogen and oxygen atoms in total. The van der Waals surface area contributed by atoms with Crippen LogP contribution < -0.4 is 4.74 Å².